The highest BCUT2D eigenvalue weighted by Crippen LogP contribution is 2.27. The van der Waals surface area contributed by atoms with Gasteiger partial charge in [-0.15, -0.1) is 0 Å². The molecule has 0 amide bonds. The Morgan fingerprint density at radius 2 is 1.17 bits per heavy atom. The summed E-state index contributed by atoms with van der Waals surface area (Å²) in [5.41, 5.74) is 4.02. The predicted molar refractivity (Wildman–Crippen MR) is 75.0 cm³/mol. The quantitative estimate of drug-likeness (QED) is 0.856. The summed E-state index contributed by atoms with van der Waals surface area (Å²) in [5, 5.41) is -0.480. The van der Waals surface area contributed by atoms with Crippen molar-refractivity contribution in [2.45, 2.75) is 19.1 Å². The first-order valence-corrected chi connectivity index (χ1v) is 6.97. The Bertz CT molecular complexity index is 498. The Kier molecular flexibility index (Phi) is 3.94. The minimum atomic E-state index is -1.92. The molecule has 94 valence electrons. The van der Waals surface area contributed by atoms with Gasteiger partial charge in [-0.05, 0) is 25.0 Å². The monoisotopic (exact) mass is 260 g/mol. The van der Waals surface area contributed by atoms with Crippen molar-refractivity contribution in [1.82, 2.24) is 0 Å². The molecular formula is C15H16O2S. The van der Waals surface area contributed by atoms with E-state index in [0.717, 1.165) is 22.3 Å². The average molecular weight is 260 g/mol. The van der Waals surface area contributed by atoms with Gasteiger partial charge in [0.25, 0.3) is 0 Å². The highest BCUT2D eigenvalue weighted by atomic mass is 32.2. The van der Waals surface area contributed by atoms with Crippen LogP contribution in [0.4, 0.5) is 0 Å². The maximum Gasteiger partial charge on any atom is 0.165 e. The van der Waals surface area contributed by atoms with E-state index < -0.39 is 16.3 Å². The zero-order valence-corrected chi connectivity index (χ0v) is 11.3. The zero-order valence-electron chi connectivity index (χ0n) is 10.5. The van der Waals surface area contributed by atoms with E-state index in [1.807, 2.05) is 62.4 Å². The molecule has 1 atom stereocenters. The van der Waals surface area contributed by atoms with Gasteiger partial charge in [-0.1, -0.05) is 59.7 Å². The summed E-state index contributed by atoms with van der Waals surface area (Å²) in [7, 11) is 0. The third-order valence-electron chi connectivity index (χ3n) is 2.96. The molecule has 2 aromatic carbocycles. The molecule has 1 N–H and O–H groups in total. The van der Waals surface area contributed by atoms with Gasteiger partial charge in [-0.3, -0.25) is 0 Å². The smallest absolute Gasteiger partial charge is 0.165 e. The lowest BCUT2D eigenvalue weighted by atomic mass is 10.0. The molecule has 0 saturated heterocycles. The minimum absolute atomic E-state index is 0.480. The maximum atomic E-state index is 11.6. The highest BCUT2D eigenvalue weighted by Gasteiger charge is 2.19. The minimum Gasteiger partial charge on any atom is -0.305 e. The van der Waals surface area contributed by atoms with Crippen molar-refractivity contribution in [3.05, 3.63) is 70.8 Å². The van der Waals surface area contributed by atoms with Crippen LogP contribution in [0.15, 0.2) is 48.5 Å². The topological polar surface area (TPSA) is 37.3 Å². The molecule has 0 saturated carbocycles. The van der Waals surface area contributed by atoms with Gasteiger partial charge in [0, 0.05) is 0 Å². The fourth-order valence-corrected chi connectivity index (χ4v) is 2.69. The van der Waals surface area contributed by atoms with E-state index in [2.05, 4.69) is 0 Å². The van der Waals surface area contributed by atoms with E-state index in [4.69, 9.17) is 0 Å². The molecule has 0 bridgehead atoms. The summed E-state index contributed by atoms with van der Waals surface area (Å²) in [4.78, 5) is 0. The molecule has 2 rings (SSSR count). The molecule has 3 heteroatoms. The molecule has 0 aliphatic carbocycles. The van der Waals surface area contributed by atoms with Crippen LogP contribution in [0.1, 0.15) is 27.5 Å². The molecule has 1 unspecified atom stereocenters. The number of benzene rings is 2. The van der Waals surface area contributed by atoms with Crippen molar-refractivity contribution in [2.24, 2.45) is 0 Å². The lowest BCUT2D eigenvalue weighted by Gasteiger charge is -2.14. The number of aryl methyl sites for hydroxylation is 2. The first-order chi connectivity index (χ1) is 8.58. The van der Waals surface area contributed by atoms with Gasteiger partial charge in [0.15, 0.2) is 11.1 Å². The Labute approximate surface area is 110 Å². The van der Waals surface area contributed by atoms with Crippen LogP contribution < -0.4 is 0 Å². The molecule has 0 fully saturated rings. The fraction of sp³-hybridized carbons (Fsp3) is 0.200. The summed E-state index contributed by atoms with van der Waals surface area (Å²) in [6.45, 7) is 4.00. The van der Waals surface area contributed by atoms with Gasteiger partial charge in [0.1, 0.15) is 5.25 Å². The summed E-state index contributed by atoms with van der Waals surface area (Å²) >= 11 is -1.92. The standard InChI is InChI=1S/C15H16O2S/c1-11-3-7-13(8-4-11)15(18(16)17)14-9-5-12(2)6-10-14/h3-10,15H,1-2H3,(H,16,17). The maximum absolute atomic E-state index is 11.6. The normalized spacial score (nSPS) is 12.7. The Hall–Kier alpha value is -1.45. The lowest BCUT2D eigenvalue weighted by molar-refractivity contribution is 0.557. The molecule has 2 aromatic rings. The Morgan fingerprint density at radius 1 is 0.833 bits per heavy atom. The second-order valence-electron chi connectivity index (χ2n) is 4.48. The highest BCUT2D eigenvalue weighted by molar-refractivity contribution is 7.79. The van der Waals surface area contributed by atoms with E-state index in [0.29, 0.717) is 0 Å². The van der Waals surface area contributed by atoms with Crippen molar-refractivity contribution in [2.75, 3.05) is 0 Å². The Morgan fingerprint density at radius 3 is 1.44 bits per heavy atom. The van der Waals surface area contributed by atoms with Gasteiger partial charge in [-0.2, -0.15) is 0 Å². The predicted octanol–water partition coefficient (Wildman–Crippen LogP) is 3.61. The number of hydrogen-bond acceptors (Lipinski definition) is 1. The van der Waals surface area contributed by atoms with E-state index in [-0.39, 0.29) is 0 Å². The largest absolute Gasteiger partial charge is 0.305 e. The molecule has 0 aliphatic rings. The average Bonchev–Trinajstić information content (AvgIpc) is 2.34. The van der Waals surface area contributed by atoms with E-state index in [9.17, 15) is 8.76 Å². The Balaban J connectivity index is 2.43. The lowest BCUT2D eigenvalue weighted by Crippen LogP contribution is -2.07. The van der Waals surface area contributed by atoms with E-state index >= 15 is 0 Å². The second kappa shape index (κ2) is 5.46. The molecule has 0 aromatic heterocycles. The second-order valence-corrected chi connectivity index (χ2v) is 5.50. The third-order valence-corrected chi connectivity index (χ3v) is 3.91. The van der Waals surface area contributed by atoms with E-state index in [1.54, 1.807) is 0 Å². The molecule has 0 radical (unpaired) electrons. The SMILES string of the molecule is Cc1ccc(C(c2ccc(C)cc2)S(=O)O)cc1. The fourth-order valence-electron chi connectivity index (χ4n) is 1.91. The van der Waals surface area contributed by atoms with Crippen molar-refractivity contribution < 1.29 is 8.76 Å². The first kappa shape index (κ1) is 13.0. The first-order valence-electron chi connectivity index (χ1n) is 5.81. The zero-order chi connectivity index (χ0) is 13.1. The van der Waals surface area contributed by atoms with Crippen LogP contribution in [-0.2, 0) is 11.1 Å². The van der Waals surface area contributed by atoms with Crippen LogP contribution in [0.25, 0.3) is 0 Å². The van der Waals surface area contributed by atoms with Crippen molar-refractivity contribution in [3.63, 3.8) is 0 Å². The van der Waals surface area contributed by atoms with Crippen molar-refractivity contribution >= 4 is 11.1 Å². The van der Waals surface area contributed by atoms with Gasteiger partial charge in [-0.25, -0.2) is 4.21 Å². The van der Waals surface area contributed by atoms with Crippen LogP contribution >= 0.6 is 0 Å². The van der Waals surface area contributed by atoms with Gasteiger partial charge in [0.05, 0.1) is 0 Å². The summed E-state index contributed by atoms with van der Waals surface area (Å²) < 4.78 is 21.1. The van der Waals surface area contributed by atoms with Gasteiger partial charge in [0.2, 0.25) is 0 Å². The van der Waals surface area contributed by atoms with Crippen LogP contribution in [0.2, 0.25) is 0 Å². The number of rotatable bonds is 3. The van der Waals surface area contributed by atoms with Crippen molar-refractivity contribution in [1.29, 1.82) is 0 Å². The number of hydrogen-bond donors (Lipinski definition) is 1. The summed E-state index contributed by atoms with van der Waals surface area (Å²) in [6, 6.07) is 15.5. The molecular weight excluding hydrogens is 244 g/mol. The molecule has 0 spiro atoms. The third kappa shape index (κ3) is 2.86. The van der Waals surface area contributed by atoms with Crippen LogP contribution in [0.5, 0.6) is 0 Å². The summed E-state index contributed by atoms with van der Waals surface area (Å²) in [5.74, 6) is 0. The molecule has 0 heterocycles. The molecule has 2 nitrogen and oxygen atoms in total. The van der Waals surface area contributed by atoms with Crippen molar-refractivity contribution in [3.8, 4) is 0 Å². The van der Waals surface area contributed by atoms with Crippen LogP contribution in [0, 0.1) is 13.8 Å². The van der Waals surface area contributed by atoms with Gasteiger partial charge < -0.3 is 4.55 Å². The summed E-state index contributed by atoms with van der Waals surface area (Å²) in [6.07, 6.45) is 0. The van der Waals surface area contributed by atoms with Crippen LogP contribution in [-0.4, -0.2) is 8.76 Å². The van der Waals surface area contributed by atoms with E-state index in [1.165, 1.54) is 0 Å². The molecule has 18 heavy (non-hydrogen) atoms. The molecule has 0 aliphatic heterocycles. The van der Waals surface area contributed by atoms with Crippen LogP contribution in [0.3, 0.4) is 0 Å². The van der Waals surface area contributed by atoms with Gasteiger partial charge >= 0.3 is 0 Å².